The second kappa shape index (κ2) is 4.62. The normalized spacial score (nSPS) is 11.3. The molecule has 1 aromatic carbocycles. The lowest BCUT2D eigenvalue weighted by molar-refractivity contribution is 0.627. The molecule has 0 N–H and O–H groups in total. The van der Waals surface area contributed by atoms with Gasteiger partial charge in [0.15, 0.2) is 5.82 Å². The first-order valence-electron chi connectivity index (χ1n) is 5.72. The van der Waals surface area contributed by atoms with Crippen molar-refractivity contribution in [2.24, 2.45) is 7.05 Å². The molecule has 98 valence electrons. The number of imidazole rings is 1. The summed E-state index contributed by atoms with van der Waals surface area (Å²) in [7, 11) is 1.80. The highest BCUT2D eigenvalue weighted by Crippen LogP contribution is 2.19. The second-order valence-electron chi connectivity index (χ2n) is 4.22. The molecule has 19 heavy (non-hydrogen) atoms. The topological polar surface area (TPSA) is 48.5 Å². The van der Waals surface area contributed by atoms with Crippen LogP contribution in [0.25, 0.3) is 11.0 Å². The van der Waals surface area contributed by atoms with Gasteiger partial charge in [0.2, 0.25) is 0 Å². The van der Waals surface area contributed by atoms with Crippen molar-refractivity contribution in [3.8, 4) is 0 Å². The minimum Gasteiger partial charge on any atom is -0.319 e. The van der Waals surface area contributed by atoms with Gasteiger partial charge in [-0.3, -0.25) is 4.68 Å². The Balaban J connectivity index is 2.12. The monoisotopic (exact) mass is 279 g/mol. The molecule has 0 amide bonds. The van der Waals surface area contributed by atoms with E-state index in [0.717, 1.165) is 0 Å². The van der Waals surface area contributed by atoms with Crippen molar-refractivity contribution < 1.29 is 4.39 Å². The minimum absolute atomic E-state index is 0.253. The molecule has 0 atom stereocenters. The molecule has 0 aliphatic heterocycles. The fourth-order valence-electron chi connectivity index (χ4n) is 2.02. The number of fused-ring (bicyclic) bond motifs is 1. The highest BCUT2D eigenvalue weighted by molar-refractivity contribution is 6.16. The van der Waals surface area contributed by atoms with Gasteiger partial charge in [0.25, 0.3) is 0 Å². The molecule has 5 nitrogen and oxygen atoms in total. The Labute approximate surface area is 113 Å². The van der Waals surface area contributed by atoms with E-state index in [0.29, 0.717) is 29.2 Å². The van der Waals surface area contributed by atoms with E-state index >= 15 is 0 Å². The van der Waals surface area contributed by atoms with E-state index in [4.69, 9.17) is 11.6 Å². The summed E-state index contributed by atoms with van der Waals surface area (Å²) in [5.74, 6) is 1.26. The number of aryl methyl sites for hydroxylation is 1. The molecule has 0 aliphatic carbocycles. The third kappa shape index (κ3) is 2.19. The van der Waals surface area contributed by atoms with E-state index in [1.165, 1.54) is 12.1 Å². The van der Waals surface area contributed by atoms with Crippen molar-refractivity contribution in [3.05, 3.63) is 42.0 Å². The van der Waals surface area contributed by atoms with E-state index in [1.807, 2.05) is 4.57 Å². The first kappa shape index (κ1) is 12.1. The van der Waals surface area contributed by atoms with Crippen LogP contribution in [0.3, 0.4) is 0 Å². The molecule has 0 spiro atoms. The Kier molecular flexibility index (Phi) is 2.94. The smallest absolute Gasteiger partial charge is 0.170 e. The van der Waals surface area contributed by atoms with Crippen LogP contribution in [0.2, 0.25) is 0 Å². The van der Waals surface area contributed by atoms with Crippen molar-refractivity contribution in [1.82, 2.24) is 24.3 Å². The molecule has 3 aromatic rings. The standard InChI is InChI=1S/C12H11ClFN5/c1-18-7-15-11(17-18)6-19-10-4-8(14)2-3-9(10)16-12(19)5-13/h2-4,7H,5-6H2,1H3. The van der Waals surface area contributed by atoms with E-state index in [9.17, 15) is 4.39 Å². The maximum Gasteiger partial charge on any atom is 0.170 e. The summed E-state index contributed by atoms with van der Waals surface area (Å²) in [5, 5.41) is 4.21. The highest BCUT2D eigenvalue weighted by Gasteiger charge is 2.12. The highest BCUT2D eigenvalue weighted by atomic mass is 35.5. The van der Waals surface area contributed by atoms with Gasteiger partial charge < -0.3 is 4.57 Å². The van der Waals surface area contributed by atoms with Gasteiger partial charge in [0.05, 0.1) is 23.5 Å². The van der Waals surface area contributed by atoms with Crippen LogP contribution < -0.4 is 0 Å². The lowest BCUT2D eigenvalue weighted by atomic mass is 10.3. The number of aromatic nitrogens is 5. The number of benzene rings is 1. The van der Waals surface area contributed by atoms with Gasteiger partial charge in [-0.1, -0.05) is 0 Å². The first-order chi connectivity index (χ1) is 9.17. The predicted molar refractivity (Wildman–Crippen MR) is 69.4 cm³/mol. The van der Waals surface area contributed by atoms with Crippen molar-refractivity contribution in [2.45, 2.75) is 12.4 Å². The van der Waals surface area contributed by atoms with Gasteiger partial charge >= 0.3 is 0 Å². The molecular weight excluding hydrogens is 269 g/mol. The Morgan fingerprint density at radius 1 is 1.37 bits per heavy atom. The lowest BCUT2D eigenvalue weighted by Gasteiger charge is -2.04. The zero-order valence-corrected chi connectivity index (χ0v) is 11.0. The third-order valence-electron chi connectivity index (χ3n) is 2.86. The fraction of sp³-hybridized carbons (Fsp3) is 0.250. The van der Waals surface area contributed by atoms with E-state index in [1.54, 1.807) is 24.1 Å². The Hall–Kier alpha value is -1.95. The molecule has 0 radical (unpaired) electrons. The van der Waals surface area contributed by atoms with Crippen LogP contribution in [0.4, 0.5) is 4.39 Å². The third-order valence-corrected chi connectivity index (χ3v) is 3.09. The van der Waals surface area contributed by atoms with Gasteiger partial charge in [0, 0.05) is 7.05 Å². The summed E-state index contributed by atoms with van der Waals surface area (Å²) < 4.78 is 16.8. The molecule has 0 bridgehead atoms. The number of rotatable bonds is 3. The summed E-state index contributed by atoms with van der Waals surface area (Å²) in [5.41, 5.74) is 1.41. The Morgan fingerprint density at radius 2 is 2.21 bits per heavy atom. The van der Waals surface area contributed by atoms with Crippen LogP contribution in [0.5, 0.6) is 0 Å². The quantitative estimate of drug-likeness (QED) is 0.690. The zero-order valence-electron chi connectivity index (χ0n) is 10.2. The van der Waals surface area contributed by atoms with E-state index in [2.05, 4.69) is 15.1 Å². The van der Waals surface area contributed by atoms with Crippen LogP contribution in [-0.4, -0.2) is 24.3 Å². The number of alkyl halides is 1. The zero-order chi connectivity index (χ0) is 13.4. The molecule has 0 fully saturated rings. The number of hydrogen-bond donors (Lipinski definition) is 0. The summed E-state index contributed by atoms with van der Waals surface area (Å²) in [6, 6.07) is 4.47. The van der Waals surface area contributed by atoms with Gasteiger partial charge in [-0.05, 0) is 18.2 Å². The molecule has 2 aromatic heterocycles. The van der Waals surface area contributed by atoms with E-state index < -0.39 is 0 Å². The summed E-state index contributed by atoms with van der Waals surface area (Å²) in [6.45, 7) is 0.419. The molecular formula is C12H11ClFN5. The maximum absolute atomic E-state index is 13.4. The van der Waals surface area contributed by atoms with Gasteiger partial charge in [-0.25, -0.2) is 14.4 Å². The lowest BCUT2D eigenvalue weighted by Crippen LogP contribution is -2.06. The van der Waals surface area contributed by atoms with Crippen LogP contribution in [0.1, 0.15) is 11.6 Å². The predicted octanol–water partition coefficient (Wildman–Crippen LogP) is 2.09. The van der Waals surface area contributed by atoms with Gasteiger partial charge in [-0.15, -0.1) is 11.6 Å². The van der Waals surface area contributed by atoms with Gasteiger partial charge in [0.1, 0.15) is 18.0 Å². The average Bonchev–Trinajstić information content (AvgIpc) is 2.94. The SMILES string of the molecule is Cn1cnc(Cn2c(CCl)nc3ccc(F)cc32)n1. The Bertz CT molecular complexity index is 733. The number of halogens is 2. The van der Waals surface area contributed by atoms with Crippen molar-refractivity contribution in [3.63, 3.8) is 0 Å². The summed E-state index contributed by atoms with van der Waals surface area (Å²) >= 11 is 5.89. The van der Waals surface area contributed by atoms with Crippen LogP contribution in [-0.2, 0) is 19.5 Å². The van der Waals surface area contributed by atoms with E-state index in [-0.39, 0.29) is 11.7 Å². The largest absolute Gasteiger partial charge is 0.319 e. The fourth-order valence-corrected chi connectivity index (χ4v) is 2.23. The van der Waals surface area contributed by atoms with Crippen LogP contribution in [0.15, 0.2) is 24.5 Å². The summed E-state index contributed by atoms with van der Waals surface area (Å²) in [6.07, 6.45) is 1.62. The molecule has 0 aliphatic rings. The van der Waals surface area contributed by atoms with Crippen LogP contribution in [0, 0.1) is 5.82 Å². The maximum atomic E-state index is 13.4. The molecule has 2 heterocycles. The van der Waals surface area contributed by atoms with Crippen molar-refractivity contribution in [1.29, 1.82) is 0 Å². The van der Waals surface area contributed by atoms with Crippen molar-refractivity contribution in [2.75, 3.05) is 0 Å². The molecule has 7 heteroatoms. The summed E-state index contributed by atoms with van der Waals surface area (Å²) in [4.78, 5) is 8.54. The van der Waals surface area contributed by atoms with Crippen molar-refractivity contribution >= 4 is 22.6 Å². The minimum atomic E-state index is -0.302. The molecule has 3 rings (SSSR count). The average molecular weight is 280 g/mol. The second-order valence-corrected chi connectivity index (χ2v) is 4.48. The number of nitrogens with zero attached hydrogens (tertiary/aromatic N) is 5. The number of hydrogen-bond acceptors (Lipinski definition) is 3. The van der Waals surface area contributed by atoms with Crippen LogP contribution >= 0.6 is 11.6 Å². The Morgan fingerprint density at radius 3 is 2.89 bits per heavy atom. The molecule has 0 unspecified atom stereocenters. The first-order valence-corrected chi connectivity index (χ1v) is 6.26. The molecule has 0 saturated carbocycles. The van der Waals surface area contributed by atoms with Gasteiger partial charge in [-0.2, -0.15) is 5.10 Å². The molecule has 0 saturated heterocycles.